The standard InChI is InChI=1S/C23H25N7O3/c1-16(31)25-19-9-12-24-29-23(19)30-13-10-18(11-14-30)33-22-8-7-20(27-28-22)26-21(32)15-17-5-3-2-4-6-17/h2-9,12,18H,10-11,13-15H2,1H3,(H,24,25,31)(H,26,27,32). The highest BCUT2D eigenvalue weighted by Gasteiger charge is 2.24. The normalized spacial score (nSPS) is 13.9. The number of carbonyl (C=O) groups is 2. The third kappa shape index (κ3) is 6.22. The van der Waals surface area contributed by atoms with Crippen LogP contribution >= 0.6 is 0 Å². The molecule has 1 aliphatic heterocycles. The number of aromatic nitrogens is 4. The smallest absolute Gasteiger partial charge is 0.233 e. The third-order valence-electron chi connectivity index (χ3n) is 5.16. The number of hydrogen-bond donors (Lipinski definition) is 2. The van der Waals surface area contributed by atoms with E-state index in [0.717, 1.165) is 18.4 Å². The zero-order valence-electron chi connectivity index (χ0n) is 18.3. The van der Waals surface area contributed by atoms with Crippen molar-refractivity contribution in [1.29, 1.82) is 0 Å². The molecule has 33 heavy (non-hydrogen) atoms. The van der Waals surface area contributed by atoms with Crippen LogP contribution in [-0.4, -0.2) is 51.4 Å². The molecule has 2 N–H and O–H groups in total. The van der Waals surface area contributed by atoms with Crippen molar-refractivity contribution in [3.63, 3.8) is 0 Å². The Morgan fingerprint density at radius 2 is 1.79 bits per heavy atom. The van der Waals surface area contributed by atoms with Crippen LogP contribution in [0, 0.1) is 0 Å². The van der Waals surface area contributed by atoms with Gasteiger partial charge in [0.15, 0.2) is 11.6 Å². The van der Waals surface area contributed by atoms with Gasteiger partial charge in [-0.15, -0.1) is 15.3 Å². The van der Waals surface area contributed by atoms with Crippen LogP contribution in [0.5, 0.6) is 5.88 Å². The molecule has 0 aliphatic carbocycles. The molecule has 170 valence electrons. The molecule has 3 heterocycles. The highest BCUT2D eigenvalue weighted by Crippen LogP contribution is 2.26. The summed E-state index contributed by atoms with van der Waals surface area (Å²) in [5.41, 5.74) is 1.58. The number of piperidine rings is 1. The quantitative estimate of drug-likeness (QED) is 0.566. The van der Waals surface area contributed by atoms with Gasteiger partial charge < -0.3 is 20.3 Å². The fraction of sp³-hybridized carbons (Fsp3) is 0.304. The Labute approximate surface area is 191 Å². The molecule has 1 saturated heterocycles. The Balaban J connectivity index is 1.27. The third-order valence-corrected chi connectivity index (χ3v) is 5.16. The Hall–Kier alpha value is -4.08. The molecule has 4 rings (SSSR count). The molecule has 1 fully saturated rings. The first-order valence-corrected chi connectivity index (χ1v) is 10.8. The largest absolute Gasteiger partial charge is 0.473 e. The number of nitrogens with zero attached hydrogens (tertiary/aromatic N) is 5. The lowest BCUT2D eigenvalue weighted by molar-refractivity contribution is -0.116. The molecule has 0 radical (unpaired) electrons. The van der Waals surface area contributed by atoms with Crippen LogP contribution in [0.4, 0.5) is 17.3 Å². The van der Waals surface area contributed by atoms with E-state index < -0.39 is 0 Å². The van der Waals surface area contributed by atoms with Gasteiger partial charge >= 0.3 is 0 Å². The van der Waals surface area contributed by atoms with Crippen molar-refractivity contribution in [2.24, 2.45) is 0 Å². The minimum atomic E-state index is -0.154. The zero-order chi connectivity index (χ0) is 23.0. The summed E-state index contributed by atoms with van der Waals surface area (Å²) in [6.45, 7) is 2.87. The summed E-state index contributed by atoms with van der Waals surface area (Å²) in [6, 6.07) is 14.6. The summed E-state index contributed by atoms with van der Waals surface area (Å²) >= 11 is 0. The first kappa shape index (κ1) is 22.1. The van der Waals surface area contributed by atoms with Crippen LogP contribution in [0.15, 0.2) is 54.7 Å². The first-order chi connectivity index (χ1) is 16.1. The number of anilines is 3. The summed E-state index contributed by atoms with van der Waals surface area (Å²) in [5, 5.41) is 21.8. The maximum absolute atomic E-state index is 12.2. The van der Waals surface area contributed by atoms with Crippen molar-refractivity contribution >= 4 is 29.1 Å². The number of ether oxygens (including phenoxy) is 1. The van der Waals surface area contributed by atoms with Gasteiger partial charge in [-0.25, -0.2) is 0 Å². The van der Waals surface area contributed by atoms with Crippen LogP contribution in [0.3, 0.4) is 0 Å². The highest BCUT2D eigenvalue weighted by atomic mass is 16.5. The van der Waals surface area contributed by atoms with Crippen molar-refractivity contribution < 1.29 is 14.3 Å². The van der Waals surface area contributed by atoms with Crippen molar-refractivity contribution in [2.45, 2.75) is 32.3 Å². The van der Waals surface area contributed by atoms with Gasteiger partial charge in [-0.2, -0.15) is 5.10 Å². The molecule has 3 aromatic rings. The summed E-state index contributed by atoms with van der Waals surface area (Å²) in [7, 11) is 0. The van der Waals surface area contributed by atoms with Crippen LogP contribution in [0.25, 0.3) is 0 Å². The number of rotatable bonds is 7. The average Bonchev–Trinajstić information content (AvgIpc) is 2.82. The van der Waals surface area contributed by atoms with E-state index in [4.69, 9.17) is 4.74 Å². The van der Waals surface area contributed by atoms with Gasteiger partial charge in [0.05, 0.1) is 18.3 Å². The lowest BCUT2D eigenvalue weighted by atomic mass is 10.1. The fourth-order valence-corrected chi connectivity index (χ4v) is 3.62. The fourth-order valence-electron chi connectivity index (χ4n) is 3.62. The lowest BCUT2D eigenvalue weighted by Gasteiger charge is -2.33. The molecule has 2 amide bonds. The Morgan fingerprint density at radius 3 is 2.48 bits per heavy atom. The number of carbonyl (C=O) groups excluding carboxylic acids is 2. The van der Waals surface area contributed by atoms with E-state index in [1.807, 2.05) is 30.3 Å². The van der Waals surface area contributed by atoms with E-state index in [1.165, 1.54) is 6.92 Å². The minimum absolute atomic E-state index is 0.0186. The van der Waals surface area contributed by atoms with Gasteiger partial charge in [-0.05, 0) is 17.7 Å². The van der Waals surface area contributed by atoms with Crippen molar-refractivity contribution in [3.8, 4) is 5.88 Å². The maximum Gasteiger partial charge on any atom is 0.233 e. The van der Waals surface area contributed by atoms with Crippen LogP contribution in [-0.2, 0) is 16.0 Å². The summed E-state index contributed by atoms with van der Waals surface area (Å²) < 4.78 is 5.97. The van der Waals surface area contributed by atoms with E-state index >= 15 is 0 Å². The molecular weight excluding hydrogens is 422 g/mol. The average molecular weight is 447 g/mol. The second kappa shape index (κ2) is 10.5. The Kier molecular flexibility index (Phi) is 7.03. The second-order valence-electron chi connectivity index (χ2n) is 7.72. The molecule has 2 aromatic heterocycles. The topological polar surface area (TPSA) is 122 Å². The van der Waals surface area contributed by atoms with Gasteiger partial charge in [0.2, 0.25) is 17.7 Å². The summed E-state index contributed by atoms with van der Waals surface area (Å²) in [6.07, 6.45) is 3.32. The van der Waals surface area contributed by atoms with E-state index in [-0.39, 0.29) is 24.3 Å². The van der Waals surface area contributed by atoms with E-state index in [2.05, 4.69) is 35.9 Å². The first-order valence-electron chi connectivity index (χ1n) is 10.8. The molecule has 1 aliphatic rings. The molecule has 1 aromatic carbocycles. The number of nitrogens with one attached hydrogen (secondary N) is 2. The number of amides is 2. The van der Waals surface area contributed by atoms with Crippen molar-refractivity contribution in [1.82, 2.24) is 20.4 Å². The molecular formula is C23H25N7O3. The molecule has 0 unspecified atom stereocenters. The van der Waals surface area contributed by atoms with Gasteiger partial charge in [-0.1, -0.05) is 30.3 Å². The maximum atomic E-state index is 12.2. The highest BCUT2D eigenvalue weighted by molar-refractivity contribution is 5.92. The van der Waals surface area contributed by atoms with Gasteiger partial charge in [0, 0.05) is 38.9 Å². The number of benzene rings is 1. The van der Waals surface area contributed by atoms with Crippen molar-refractivity contribution in [3.05, 3.63) is 60.3 Å². The summed E-state index contributed by atoms with van der Waals surface area (Å²) in [4.78, 5) is 25.7. The summed E-state index contributed by atoms with van der Waals surface area (Å²) in [5.74, 6) is 1.14. The predicted molar refractivity (Wildman–Crippen MR) is 123 cm³/mol. The molecule has 10 heteroatoms. The Morgan fingerprint density at radius 1 is 1.00 bits per heavy atom. The molecule has 0 spiro atoms. The van der Waals surface area contributed by atoms with Gasteiger partial charge in [0.1, 0.15) is 6.10 Å². The minimum Gasteiger partial charge on any atom is -0.473 e. The van der Waals surface area contributed by atoms with Crippen LogP contribution in [0.1, 0.15) is 25.3 Å². The SMILES string of the molecule is CC(=O)Nc1ccnnc1N1CCC(Oc2ccc(NC(=O)Cc3ccccc3)nn2)CC1. The predicted octanol–water partition coefficient (Wildman–Crippen LogP) is 2.45. The Bertz CT molecular complexity index is 1080. The molecule has 0 atom stereocenters. The van der Waals surface area contributed by atoms with Crippen LogP contribution in [0.2, 0.25) is 0 Å². The molecule has 0 bridgehead atoms. The lowest BCUT2D eigenvalue weighted by Crippen LogP contribution is -2.39. The van der Waals surface area contributed by atoms with Crippen LogP contribution < -0.4 is 20.3 Å². The van der Waals surface area contributed by atoms with Crippen molar-refractivity contribution in [2.75, 3.05) is 28.6 Å². The molecule has 0 saturated carbocycles. The van der Waals surface area contributed by atoms with E-state index in [1.54, 1.807) is 24.4 Å². The zero-order valence-corrected chi connectivity index (χ0v) is 18.3. The van der Waals surface area contributed by atoms with E-state index in [9.17, 15) is 9.59 Å². The second-order valence-corrected chi connectivity index (χ2v) is 7.72. The van der Waals surface area contributed by atoms with E-state index in [0.29, 0.717) is 36.3 Å². The molecule has 10 nitrogen and oxygen atoms in total. The van der Waals surface area contributed by atoms with Gasteiger partial charge in [0.25, 0.3) is 0 Å². The monoisotopic (exact) mass is 447 g/mol. The number of hydrogen-bond acceptors (Lipinski definition) is 8. The van der Waals surface area contributed by atoms with Gasteiger partial charge in [-0.3, -0.25) is 9.59 Å².